The molecule has 1 unspecified atom stereocenters. The molecule has 6 heteroatoms. The van der Waals surface area contributed by atoms with Crippen LogP contribution in [0.3, 0.4) is 0 Å². The Hall–Kier alpha value is -2.47. The summed E-state index contributed by atoms with van der Waals surface area (Å²) in [5, 5.41) is 0.534. The van der Waals surface area contributed by atoms with Crippen LogP contribution in [0.2, 0.25) is 0 Å². The largest absolute Gasteiger partial charge is 0.467 e. The number of ether oxygens (including phenoxy) is 1. The normalized spacial score (nSPS) is 12.3. The number of rotatable bonds is 4. The predicted octanol–water partition coefficient (Wildman–Crippen LogP) is 3.56. The highest BCUT2D eigenvalue weighted by Crippen LogP contribution is 2.31. The van der Waals surface area contributed by atoms with Gasteiger partial charge in [0.1, 0.15) is 16.7 Å². The maximum atomic E-state index is 12.9. The van der Waals surface area contributed by atoms with Crippen LogP contribution in [0.4, 0.5) is 0 Å². The molecule has 1 atom stereocenters. The molecule has 3 aromatic rings. The van der Waals surface area contributed by atoms with Gasteiger partial charge in [0.2, 0.25) is 0 Å². The van der Waals surface area contributed by atoms with Crippen molar-refractivity contribution in [1.82, 2.24) is 9.55 Å². The number of esters is 1. The zero-order valence-corrected chi connectivity index (χ0v) is 14.6. The first kappa shape index (κ1) is 16.4. The zero-order valence-electron chi connectivity index (χ0n) is 13.8. The van der Waals surface area contributed by atoms with E-state index in [9.17, 15) is 9.59 Å². The first-order valence-electron chi connectivity index (χ1n) is 7.72. The summed E-state index contributed by atoms with van der Waals surface area (Å²) >= 11 is 1.48. The Morgan fingerprint density at radius 3 is 2.67 bits per heavy atom. The Bertz CT molecular complexity index is 944. The van der Waals surface area contributed by atoms with Crippen molar-refractivity contribution in [1.29, 1.82) is 0 Å². The number of carbonyl (C=O) groups is 1. The lowest BCUT2D eigenvalue weighted by atomic mass is 10.2. The van der Waals surface area contributed by atoms with Crippen LogP contribution in [0.15, 0.2) is 41.2 Å². The smallest absolute Gasteiger partial charge is 0.329 e. The van der Waals surface area contributed by atoms with Crippen LogP contribution in [0.1, 0.15) is 25.2 Å². The average molecular weight is 342 g/mol. The molecule has 0 bridgehead atoms. The number of nitrogens with zero attached hydrogens (tertiary/aromatic N) is 2. The average Bonchev–Trinajstić information content (AvgIpc) is 3.03. The third-order valence-electron chi connectivity index (χ3n) is 4.00. The fourth-order valence-electron chi connectivity index (χ4n) is 2.80. The summed E-state index contributed by atoms with van der Waals surface area (Å²) in [6, 6.07) is 11.1. The molecule has 0 aliphatic heterocycles. The standard InChI is InChI=1S/C18H18N2O3S/c1-4-14(18(22)23-3)20-11(2)19-16-13(17(20)21)10-15(24-16)12-8-6-5-7-9-12/h5-10,14H,4H2,1-3H3. The van der Waals surface area contributed by atoms with Crippen LogP contribution in [0.5, 0.6) is 0 Å². The van der Waals surface area contributed by atoms with Crippen LogP contribution < -0.4 is 5.56 Å². The van der Waals surface area contributed by atoms with E-state index in [0.717, 1.165) is 10.4 Å². The minimum absolute atomic E-state index is 0.201. The number of hydrogen-bond acceptors (Lipinski definition) is 5. The van der Waals surface area contributed by atoms with Crippen LogP contribution in [-0.2, 0) is 9.53 Å². The lowest BCUT2D eigenvalue weighted by Gasteiger charge is -2.17. The number of thiophene rings is 1. The Morgan fingerprint density at radius 2 is 2.04 bits per heavy atom. The Morgan fingerprint density at radius 1 is 1.33 bits per heavy atom. The van der Waals surface area contributed by atoms with E-state index >= 15 is 0 Å². The first-order chi connectivity index (χ1) is 11.6. The number of methoxy groups -OCH3 is 1. The van der Waals surface area contributed by atoms with Gasteiger partial charge in [-0.05, 0) is 25.0 Å². The molecule has 0 fully saturated rings. The van der Waals surface area contributed by atoms with Gasteiger partial charge >= 0.3 is 5.97 Å². The van der Waals surface area contributed by atoms with Crippen molar-refractivity contribution in [3.05, 3.63) is 52.6 Å². The minimum Gasteiger partial charge on any atom is -0.467 e. The third-order valence-corrected chi connectivity index (χ3v) is 5.08. The van der Waals surface area contributed by atoms with Crippen LogP contribution in [0, 0.1) is 6.92 Å². The highest BCUT2D eigenvalue weighted by Gasteiger charge is 2.24. The van der Waals surface area contributed by atoms with Crippen LogP contribution >= 0.6 is 11.3 Å². The number of benzene rings is 1. The second-order valence-corrected chi connectivity index (χ2v) is 6.51. The number of fused-ring (bicyclic) bond motifs is 1. The fourth-order valence-corrected chi connectivity index (χ4v) is 3.87. The van der Waals surface area contributed by atoms with E-state index in [0.29, 0.717) is 22.5 Å². The van der Waals surface area contributed by atoms with E-state index in [2.05, 4.69) is 4.98 Å². The van der Waals surface area contributed by atoms with Crippen LogP contribution in [0.25, 0.3) is 20.7 Å². The van der Waals surface area contributed by atoms with Gasteiger partial charge in [-0.25, -0.2) is 9.78 Å². The summed E-state index contributed by atoms with van der Waals surface area (Å²) in [6.45, 7) is 3.59. The van der Waals surface area contributed by atoms with Gasteiger partial charge in [-0.3, -0.25) is 9.36 Å². The Balaban J connectivity index is 2.20. The molecule has 0 N–H and O–H groups in total. The minimum atomic E-state index is -0.653. The Kier molecular flexibility index (Phi) is 4.49. The molecule has 1 aromatic carbocycles. The molecular weight excluding hydrogens is 324 g/mol. The molecule has 0 saturated heterocycles. The molecule has 0 saturated carbocycles. The third kappa shape index (κ3) is 2.73. The molecule has 0 radical (unpaired) electrons. The molecule has 5 nitrogen and oxygen atoms in total. The van der Waals surface area contributed by atoms with Crippen molar-refractivity contribution in [2.45, 2.75) is 26.3 Å². The van der Waals surface area contributed by atoms with Crippen molar-refractivity contribution in [2.24, 2.45) is 0 Å². The molecule has 3 rings (SSSR count). The predicted molar refractivity (Wildman–Crippen MR) is 95.4 cm³/mol. The number of hydrogen-bond donors (Lipinski definition) is 0. The SMILES string of the molecule is CCC(C(=O)OC)n1c(C)nc2sc(-c3ccccc3)cc2c1=O. The lowest BCUT2D eigenvalue weighted by molar-refractivity contribution is -0.144. The fraction of sp³-hybridized carbons (Fsp3) is 0.278. The van der Waals surface area contributed by atoms with Gasteiger partial charge in [-0.2, -0.15) is 0 Å². The summed E-state index contributed by atoms with van der Waals surface area (Å²) in [4.78, 5) is 31.2. The zero-order chi connectivity index (χ0) is 17.3. The molecule has 0 amide bonds. The van der Waals surface area contributed by atoms with Gasteiger partial charge < -0.3 is 4.74 Å². The van der Waals surface area contributed by atoms with Crippen molar-refractivity contribution >= 4 is 27.5 Å². The molecule has 2 aromatic heterocycles. The molecule has 124 valence electrons. The highest BCUT2D eigenvalue weighted by molar-refractivity contribution is 7.21. The van der Waals surface area contributed by atoms with Gasteiger partial charge in [0, 0.05) is 4.88 Å². The van der Waals surface area contributed by atoms with E-state index in [4.69, 9.17) is 4.74 Å². The number of carbonyl (C=O) groups excluding carboxylic acids is 1. The quantitative estimate of drug-likeness (QED) is 0.680. The number of aryl methyl sites for hydroxylation is 1. The van der Waals surface area contributed by atoms with Gasteiger partial charge in [0.05, 0.1) is 12.5 Å². The number of aromatic nitrogens is 2. The van der Waals surface area contributed by atoms with Gasteiger partial charge in [0.25, 0.3) is 5.56 Å². The molecule has 0 spiro atoms. The molecule has 0 aliphatic carbocycles. The van der Waals surface area contributed by atoms with Gasteiger partial charge in [-0.15, -0.1) is 11.3 Å². The monoisotopic (exact) mass is 342 g/mol. The summed E-state index contributed by atoms with van der Waals surface area (Å²) in [6.07, 6.45) is 0.469. The topological polar surface area (TPSA) is 61.2 Å². The van der Waals surface area contributed by atoms with E-state index in [1.54, 1.807) is 6.92 Å². The maximum Gasteiger partial charge on any atom is 0.329 e. The van der Waals surface area contributed by atoms with E-state index in [1.807, 2.05) is 43.3 Å². The van der Waals surface area contributed by atoms with Crippen molar-refractivity contribution in [3.8, 4) is 10.4 Å². The van der Waals surface area contributed by atoms with Crippen LogP contribution in [-0.4, -0.2) is 22.6 Å². The van der Waals surface area contributed by atoms with Gasteiger partial charge in [-0.1, -0.05) is 37.3 Å². The van der Waals surface area contributed by atoms with Crippen molar-refractivity contribution in [3.63, 3.8) is 0 Å². The lowest BCUT2D eigenvalue weighted by Crippen LogP contribution is -2.32. The first-order valence-corrected chi connectivity index (χ1v) is 8.54. The maximum absolute atomic E-state index is 12.9. The Labute approximate surface area is 143 Å². The van der Waals surface area contributed by atoms with E-state index < -0.39 is 12.0 Å². The summed E-state index contributed by atoms with van der Waals surface area (Å²) in [5.41, 5.74) is 0.845. The summed E-state index contributed by atoms with van der Waals surface area (Å²) in [7, 11) is 1.33. The summed E-state index contributed by atoms with van der Waals surface area (Å²) in [5.74, 6) is 0.0913. The summed E-state index contributed by atoms with van der Waals surface area (Å²) < 4.78 is 6.27. The highest BCUT2D eigenvalue weighted by atomic mass is 32.1. The molecule has 24 heavy (non-hydrogen) atoms. The van der Waals surface area contributed by atoms with Gasteiger partial charge in [0.15, 0.2) is 0 Å². The second-order valence-electron chi connectivity index (χ2n) is 5.48. The van der Waals surface area contributed by atoms with E-state index in [1.165, 1.54) is 23.0 Å². The molecule has 0 aliphatic rings. The van der Waals surface area contributed by atoms with E-state index in [-0.39, 0.29) is 5.56 Å². The molecule has 2 heterocycles. The van der Waals surface area contributed by atoms with Crippen molar-refractivity contribution < 1.29 is 9.53 Å². The molecular formula is C18H18N2O3S. The van der Waals surface area contributed by atoms with Crippen molar-refractivity contribution in [2.75, 3.05) is 7.11 Å². The second kappa shape index (κ2) is 6.57.